The second-order valence-corrected chi connectivity index (χ2v) is 6.21. The van der Waals surface area contributed by atoms with Gasteiger partial charge in [-0.25, -0.2) is 14.4 Å². The summed E-state index contributed by atoms with van der Waals surface area (Å²) in [5.41, 5.74) is -0.465. The minimum Gasteiger partial charge on any atom is -0.462 e. The number of hydrogen-bond acceptors (Lipinski definition) is 8. The predicted molar refractivity (Wildman–Crippen MR) is 111 cm³/mol. The van der Waals surface area contributed by atoms with Gasteiger partial charge in [0.2, 0.25) is 0 Å². The molecule has 3 aromatic heterocycles. The van der Waals surface area contributed by atoms with Gasteiger partial charge in [-0.05, 0) is 37.3 Å². The van der Waals surface area contributed by atoms with Crippen LogP contribution < -0.4 is 16.6 Å². The first-order valence-electron chi connectivity index (χ1n) is 9.13. The maximum Gasteiger partial charge on any atom is 0.360 e. The van der Waals surface area contributed by atoms with Gasteiger partial charge in [0, 0.05) is 12.4 Å². The van der Waals surface area contributed by atoms with E-state index in [1.807, 2.05) is 0 Å². The van der Waals surface area contributed by atoms with Crippen LogP contribution in [-0.2, 0) is 9.53 Å². The number of aromatic nitrogens is 1. The van der Waals surface area contributed by atoms with Gasteiger partial charge in [-0.1, -0.05) is 18.2 Å². The summed E-state index contributed by atoms with van der Waals surface area (Å²) in [4.78, 5) is 41.3. The fourth-order valence-corrected chi connectivity index (χ4v) is 2.94. The van der Waals surface area contributed by atoms with Crippen LogP contribution in [0.2, 0.25) is 0 Å². The molecule has 0 saturated heterocycles. The summed E-state index contributed by atoms with van der Waals surface area (Å²) in [5.74, 6) is -0.612. The largest absolute Gasteiger partial charge is 0.462 e. The van der Waals surface area contributed by atoms with Crippen LogP contribution in [0.3, 0.4) is 0 Å². The maximum absolute atomic E-state index is 12.5. The highest BCUT2D eigenvalue weighted by Gasteiger charge is 2.16. The van der Waals surface area contributed by atoms with E-state index < -0.39 is 17.2 Å². The molecule has 4 aromatic rings. The Kier molecular flexibility index (Phi) is 5.13. The zero-order valence-electron chi connectivity index (χ0n) is 15.9. The Hall–Kier alpha value is -4.20. The molecule has 0 amide bonds. The summed E-state index contributed by atoms with van der Waals surface area (Å²) in [6.45, 7) is 1.86. The second kappa shape index (κ2) is 8.04. The molecule has 0 atom stereocenters. The van der Waals surface area contributed by atoms with Crippen molar-refractivity contribution in [3.05, 3.63) is 87.5 Å². The maximum atomic E-state index is 12.5. The van der Waals surface area contributed by atoms with Crippen LogP contribution in [0.5, 0.6) is 0 Å². The first-order valence-corrected chi connectivity index (χ1v) is 9.13. The Morgan fingerprint density at radius 1 is 1.07 bits per heavy atom. The van der Waals surface area contributed by atoms with Gasteiger partial charge >= 0.3 is 17.2 Å². The predicted octanol–water partition coefficient (Wildman–Crippen LogP) is 3.31. The number of nitrogens with zero attached hydrogens (tertiary/aromatic N) is 1. The lowest BCUT2D eigenvalue weighted by Gasteiger charge is -2.08. The molecule has 150 valence electrons. The quantitative estimate of drug-likeness (QED) is 0.233. The topological polar surface area (TPSA) is 112 Å². The van der Waals surface area contributed by atoms with Crippen LogP contribution in [0.15, 0.2) is 79.4 Å². The highest BCUT2D eigenvalue weighted by atomic mass is 16.5. The fourth-order valence-electron chi connectivity index (χ4n) is 2.94. The number of carbonyl (C=O) groups excluding carboxylic acids is 1. The zero-order chi connectivity index (χ0) is 21.1. The number of fused-ring (bicyclic) bond motifs is 3. The standard InChI is InChI=1S/C22H16N2O6/c1-2-28-20(25)15(16-8-5-6-10-23-16)12-24-17-11-14-19(30-22(17)27)13-7-3-4-9-18(13)29-21(14)26/h3-12,24H,2H2,1H3. The average Bonchev–Trinajstić information content (AvgIpc) is 2.75. The lowest BCUT2D eigenvalue weighted by atomic mass is 10.1. The van der Waals surface area contributed by atoms with Gasteiger partial charge in [-0.3, -0.25) is 4.98 Å². The van der Waals surface area contributed by atoms with Crippen molar-refractivity contribution in [3.63, 3.8) is 0 Å². The highest BCUT2D eigenvalue weighted by molar-refractivity contribution is 6.16. The molecular formula is C22H16N2O6. The molecule has 0 radical (unpaired) electrons. The van der Waals surface area contributed by atoms with Crippen molar-refractivity contribution in [1.29, 1.82) is 0 Å². The number of carbonyl (C=O) groups is 1. The van der Waals surface area contributed by atoms with Crippen LogP contribution in [0.4, 0.5) is 5.69 Å². The van der Waals surface area contributed by atoms with Gasteiger partial charge in [0.15, 0.2) is 5.58 Å². The molecule has 0 bridgehead atoms. The van der Waals surface area contributed by atoms with E-state index in [0.29, 0.717) is 16.7 Å². The number of pyridine rings is 1. The fraction of sp³-hybridized carbons (Fsp3) is 0.0909. The molecule has 0 unspecified atom stereocenters. The number of para-hydroxylation sites is 1. The van der Waals surface area contributed by atoms with Crippen molar-refractivity contribution in [3.8, 4) is 0 Å². The van der Waals surface area contributed by atoms with Crippen LogP contribution >= 0.6 is 0 Å². The van der Waals surface area contributed by atoms with E-state index in [0.717, 1.165) is 0 Å². The number of esters is 1. The minimum absolute atomic E-state index is 0.0391. The normalized spacial score (nSPS) is 11.6. The van der Waals surface area contributed by atoms with E-state index in [2.05, 4.69) is 10.3 Å². The molecular weight excluding hydrogens is 388 g/mol. The molecule has 0 spiro atoms. The van der Waals surface area contributed by atoms with Crippen LogP contribution in [0.25, 0.3) is 27.5 Å². The first kappa shape index (κ1) is 19.1. The van der Waals surface area contributed by atoms with Crippen LogP contribution in [0.1, 0.15) is 12.6 Å². The molecule has 0 aliphatic carbocycles. The van der Waals surface area contributed by atoms with E-state index >= 15 is 0 Å². The van der Waals surface area contributed by atoms with Gasteiger partial charge in [-0.2, -0.15) is 0 Å². The van der Waals surface area contributed by atoms with Crippen molar-refractivity contribution in [2.24, 2.45) is 0 Å². The number of ether oxygens (including phenoxy) is 1. The lowest BCUT2D eigenvalue weighted by molar-refractivity contribution is -0.136. The SMILES string of the molecule is CCOC(=O)C(=CNc1cc2c(=O)oc3ccccc3c2oc1=O)c1ccccn1. The van der Waals surface area contributed by atoms with E-state index in [1.165, 1.54) is 18.5 Å². The van der Waals surface area contributed by atoms with Crippen LogP contribution in [-0.4, -0.2) is 17.6 Å². The molecule has 1 N–H and O–H groups in total. The van der Waals surface area contributed by atoms with Crippen LogP contribution in [0, 0.1) is 0 Å². The summed E-state index contributed by atoms with van der Waals surface area (Å²) in [5, 5.41) is 3.33. The molecule has 8 nitrogen and oxygen atoms in total. The molecule has 0 fully saturated rings. The van der Waals surface area contributed by atoms with Crippen molar-refractivity contribution in [2.45, 2.75) is 6.92 Å². The Labute approximate surface area is 169 Å². The highest BCUT2D eigenvalue weighted by Crippen LogP contribution is 2.23. The number of rotatable bonds is 5. The monoisotopic (exact) mass is 404 g/mol. The molecule has 0 aliphatic heterocycles. The summed E-state index contributed by atoms with van der Waals surface area (Å²) in [6, 6.07) is 13.2. The molecule has 0 saturated carbocycles. The van der Waals surface area contributed by atoms with Crippen molar-refractivity contribution in [1.82, 2.24) is 4.98 Å². The smallest absolute Gasteiger partial charge is 0.360 e. The summed E-state index contributed by atoms with van der Waals surface area (Å²) in [7, 11) is 0. The number of benzene rings is 1. The number of anilines is 1. The van der Waals surface area contributed by atoms with Gasteiger partial charge in [0.05, 0.1) is 17.7 Å². The van der Waals surface area contributed by atoms with Crippen molar-refractivity contribution in [2.75, 3.05) is 11.9 Å². The molecule has 1 aromatic carbocycles. The molecule has 3 heterocycles. The zero-order valence-corrected chi connectivity index (χ0v) is 15.9. The van der Waals surface area contributed by atoms with Gasteiger partial charge in [0.1, 0.15) is 22.2 Å². The number of hydrogen-bond donors (Lipinski definition) is 1. The van der Waals surface area contributed by atoms with Crippen molar-refractivity contribution < 1.29 is 18.4 Å². The third-order valence-electron chi connectivity index (χ3n) is 4.31. The first-order chi connectivity index (χ1) is 14.6. The van der Waals surface area contributed by atoms with E-state index in [4.69, 9.17) is 13.6 Å². The lowest BCUT2D eigenvalue weighted by Crippen LogP contribution is -2.13. The molecule has 0 aliphatic rings. The van der Waals surface area contributed by atoms with Crippen molar-refractivity contribution >= 4 is 39.2 Å². The van der Waals surface area contributed by atoms with E-state index in [1.54, 1.807) is 49.4 Å². The summed E-state index contributed by atoms with van der Waals surface area (Å²) >= 11 is 0. The minimum atomic E-state index is -0.710. The second-order valence-electron chi connectivity index (χ2n) is 6.21. The molecule has 4 rings (SSSR count). The van der Waals surface area contributed by atoms with Gasteiger partial charge in [-0.15, -0.1) is 0 Å². The summed E-state index contributed by atoms with van der Waals surface area (Å²) < 4.78 is 15.7. The van der Waals surface area contributed by atoms with E-state index in [-0.39, 0.29) is 28.8 Å². The van der Waals surface area contributed by atoms with Gasteiger partial charge in [0.25, 0.3) is 0 Å². The van der Waals surface area contributed by atoms with Gasteiger partial charge < -0.3 is 18.9 Å². The Morgan fingerprint density at radius 3 is 2.63 bits per heavy atom. The third-order valence-corrected chi connectivity index (χ3v) is 4.31. The Morgan fingerprint density at radius 2 is 1.87 bits per heavy atom. The molecule has 30 heavy (non-hydrogen) atoms. The van der Waals surface area contributed by atoms with E-state index in [9.17, 15) is 14.4 Å². The third kappa shape index (κ3) is 3.58. The average molecular weight is 404 g/mol. The molecule has 8 heteroatoms. The summed E-state index contributed by atoms with van der Waals surface area (Å²) in [6.07, 6.45) is 2.82. The Bertz CT molecular complexity index is 1390. The Balaban J connectivity index is 1.81. The number of nitrogens with one attached hydrogen (secondary N) is 1.